The van der Waals surface area contributed by atoms with E-state index in [9.17, 15) is 13.2 Å². The minimum absolute atomic E-state index is 0.323. The molecule has 1 aliphatic carbocycles. The molecular weight excluding hydrogens is 360 g/mol. The van der Waals surface area contributed by atoms with Gasteiger partial charge >= 0.3 is 0 Å². The molecule has 2 rings (SSSR count). The highest BCUT2D eigenvalue weighted by Crippen LogP contribution is 2.28. The monoisotopic (exact) mass is 384 g/mol. The molecule has 0 spiro atoms. The zero-order valence-corrected chi connectivity index (χ0v) is 16.5. The van der Waals surface area contributed by atoms with Crippen molar-refractivity contribution in [3.63, 3.8) is 0 Å². The second-order valence-corrected chi connectivity index (χ2v) is 8.79. The van der Waals surface area contributed by atoms with E-state index in [0.29, 0.717) is 17.3 Å². The molecule has 0 saturated carbocycles. The van der Waals surface area contributed by atoms with Gasteiger partial charge in [-0.15, -0.1) is 0 Å². The third kappa shape index (κ3) is 5.22. The fourth-order valence-electron chi connectivity index (χ4n) is 3.01. The van der Waals surface area contributed by atoms with E-state index < -0.39 is 16.1 Å². The van der Waals surface area contributed by atoms with E-state index in [1.807, 2.05) is 0 Å². The number of hydrogen-bond donors (Lipinski definition) is 1. The van der Waals surface area contributed by atoms with Gasteiger partial charge in [-0.3, -0.25) is 9.10 Å². The molecule has 1 amide bonds. The highest BCUT2D eigenvalue weighted by Gasteiger charge is 2.30. The van der Waals surface area contributed by atoms with Gasteiger partial charge in [0.2, 0.25) is 15.9 Å². The SMILES string of the molecule is Cc1ccc(Cl)cc1N([C@@H](C)C(=O)NCC1=CCCCC1)S(C)(=O)=O. The zero-order chi connectivity index (χ0) is 18.6. The first kappa shape index (κ1) is 19.8. The summed E-state index contributed by atoms with van der Waals surface area (Å²) in [5, 5.41) is 3.29. The summed E-state index contributed by atoms with van der Waals surface area (Å²) < 4.78 is 25.8. The lowest BCUT2D eigenvalue weighted by molar-refractivity contribution is -0.121. The third-order valence-electron chi connectivity index (χ3n) is 4.37. The smallest absolute Gasteiger partial charge is 0.243 e. The van der Waals surface area contributed by atoms with Crippen LogP contribution in [0.4, 0.5) is 5.69 Å². The first-order chi connectivity index (χ1) is 11.7. The first-order valence-corrected chi connectivity index (χ1v) is 10.6. The average molecular weight is 385 g/mol. The topological polar surface area (TPSA) is 66.5 Å². The third-order valence-corrected chi connectivity index (χ3v) is 5.83. The number of amides is 1. The van der Waals surface area contributed by atoms with Gasteiger partial charge in [0, 0.05) is 11.6 Å². The van der Waals surface area contributed by atoms with Crippen molar-refractivity contribution in [1.29, 1.82) is 0 Å². The molecule has 1 aliphatic rings. The molecule has 1 N–H and O–H groups in total. The van der Waals surface area contributed by atoms with Crippen LogP contribution in [0.15, 0.2) is 29.8 Å². The summed E-state index contributed by atoms with van der Waals surface area (Å²) >= 11 is 6.03. The van der Waals surface area contributed by atoms with E-state index in [2.05, 4.69) is 11.4 Å². The zero-order valence-electron chi connectivity index (χ0n) is 14.9. The Bertz CT molecular complexity index is 775. The van der Waals surface area contributed by atoms with Gasteiger partial charge in [-0.1, -0.05) is 29.3 Å². The molecule has 7 heteroatoms. The Balaban J connectivity index is 2.21. The number of carbonyl (C=O) groups excluding carboxylic acids is 1. The van der Waals surface area contributed by atoms with Crippen LogP contribution < -0.4 is 9.62 Å². The summed E-state index contributed by atoms with van der Waals surface area (Å²) in [6, 6.07) is 4.15. The van der Waals surface area contributed by atoms with Crippen molar-refractivity contribution in [2.45, 2.75) is 45.6 Å². The second kappa shape index (κ2) is 8.23. The minimum Gasteiger partial charge on any atom is -0.351 e. The molecule has 0 heterocycles. The number of nitrogens with zero attached hydrogens (tertiary/aromatic N) is 1. The van der Waals surface area contributed by atoms with Crippen molar-refractivity contribution in [3.05, 3.63) is 40.4 Å². The van der Waals surface area contributed by atoms with Gasteiger partial charge in [0.15, 0.2) is 0 Å². The maximum absolute atomic E-state index is 12.6. The normalized spacial score (nSPS) is 16.1. The van der Waals surface area contributed by atoms with Gasteiger partial charge in [0.25, 0.3) is 0 Å². The van der Waals surface area contributed by atoms with E-state index in [0.717, 1.165) is 35.4 Å². The average Bonchev–Trinajstić information content (AvgIpc) is 2.55. The summed E-state index contributed by atoms with van der Waals surface area (Å²) in [5.74, 6) is -0.323. The summed E-state index contributed by atoms with van der Waals surface area (Å²) in [6.07, 6.45) is 7.60. The number of hydrogen-bond acceptors (Lipinski definition) is 3. The van der Waals surface area contributed by atoms with Gasteiger partial charge in [-0.25, -0.2) is 8.42 Å². The number of carbonyl (C=O) groups is 1. The number of nitrogens with one attached hydrogen (secondary N) is 1. The minimum atomic E-state index is -3.65. The van der Waals surface area contributed by atoms with E-state index in [1.54, 1.807) is 32.0 Å². The second-order valence-electron chi connectivity index (χ2n) is 6.49. The lowest BCUT2D eigenvalue weighted by atomic mass is 10.00. The predicted octanol–water partition coefficient (Wildman–Crippen LogP) is 3.42. The Morgan fingerprint density at radius 2 is 2.08 bits per heavy atom. The van der Waals surface area contributed by atoms with Gasteiger partial charge < -0.3 is 5.32 Å². The van der Waals surface area contributed by atoms with Crippen molar-refractivity contribution in [1.82, 2.24) is 5.32 Å². The van der Waals surface area contributed by atoms with Crippen molar-refractivity contribution >= 4 is 33.2 Å². The molecule has 25 heavy (non-hydrogen) atoms. The van der Waals surface area contributed by atoms with Crippen LogP contribution in [-0.2, 0) is 14.8 Å². The lowest BCUT2D eigenvalue weighted by Gasteiger charge is -2.29. The Morgan fingerprint density at radius 3 is 2.68 bits per heavy atom. The maximum atomic E-state index is 12.6. The van der Waals surface area contributed by atoms with Crippen LogP contribution in [0.5, 0.6) is 0 Å². The van der Waals surface area contributed by atoms with Crippen molar-refractivity contribution in [3.8, 4) is 0 Å². The summed E-state index contributed by atoms with van der Waals surface area (Å²) in [5.41, 5.74) is 2.37. The van der Waals surface area contributed by atoms with Gasteiger partial charge in [-0.2, -0.15) is 0 Å². The molecule has 1 aromatic rings. The Labute approximate surface area is 155 Å². The van der Waals surface area contributed by atoms with E-state index >= 15 is 0 Å². The van der Waals surface area contributed by atoms with E-state index in [-0.39, 0.29) is 5.91 Å². The van der Waals surface area contributed by atoms with Crippen LogP contribution in [0.25, 0.3) is 0 Å². The van der Waals surface area contributed by atoms with Crippen LogP contribution in [0, 0.1) is 6.92 Å². The van der Waals surface area contributed by atoms with Gasteiger partial charge in [-0.05, 0) is 57.2 Å². The summed E-state index contributed by atoms with van der Waals surface area (Å²) in [6.45, 7) is 3.85. The van der Waals surface area contributed by atoms with Crippen molar-refractivity contribution in [2.75, 3.05) is 17.1 Å². The molecular formula is C18H25ClN2O3S. The molecule has 0 unspecified atom stereocenters. The molecule has 0 bridgehead atoms. The van der Waals surface area contributed by atoms with Crippen LogP contribution in [0.2, 0.25) is 5.02 Å². The lowest BCUT2D eigenvalue weighted by Crippen LogP contribution is -2.48. The maximum Gasteiger partial charge on any atom is 0.243 e. The van der Waals surface area contributed by atoms with Crippen molar-refractivity contribution < 1.29 is 13.2 Å². The number of aryl methyl sites for hydroxylation is 1. The van der Waals surface area contributed by atoms with Crippen molar-refractivity contribution in [2.24, 2.45) is 0 Å². The highest BCUT2D eigenvalue weighted by molar-refractivity contribution is 7.92. The Kier molecular flexibility index (Phi) is 6.52. The molecule has 0 aromatic heterocycles. The molecule has 1 atom stereocenters. The fraction of sp³-hybridized carbons (Fsp3) is 0.500. The van der Waals surface area contributed by atoms with Gasteiger partial charge in [0.1, 0.15) is 6.04 Å². The summed E-state index contributed by atoms with van der Waals surface area (Å²) in [7, 11) is -3.65. The number of anilines is 1. The van der Waals surface area contributed by atoms with E-state index in [1.165, 1.54) is 12.0 Å². The largest absolute Gasteiger partial charge is 0.351 e. The van der Waals surface area contributed by atoms with Crippen LogP contribution >= 0.6 is 11.6 Å². The Hall–Kier alpha value is -1.53. The molecule has 0 saturated heterocycles. The molecule has 0 radical (unpaired) electrons. The predicted molar refractivity (Wildman–Crippen MR) is 103 cm³/mol. The molecule has 138 valence electrons. The Morgan fingerprint density at radius 1 is 1.36 bits per heavy atom. The van der Waals surface area contributed by atoms with Crippen LogP contribution in [0.3, 0.4) is 0 Å². The summed E-state index contributed by atoms with van der Waals surface area (Å²) in [4.78, 5) is 12.6. The quantitative estimate of drug-likeness (QED) is 0.764. The number of sulfonamides is 1. The number of rotatable bonds is 6. The fourth-order valence-corrected chi connectivity index (χ4v) is 4.41. The number of benzene rings is 1. The number of allylic oxidation sites excluding steroid dienone is 1. The molecule has 0 fully saturated rings. The molecule has 5 nitrogen and oxygen atoms in total. The van der Waals surface area contributed by atoms with Crippen LogP contribution in [-0.4, -0.2) is 33.2 Å². The molecule has 1 aromatic carbocycles. The first-order valence-electron chi connectivity index (χ1n) is 8.41. The van der Waals surface area contributed by atoms with E-state index in [4.69, 9.17) is 11.6 Å². The standard InChI is InChI=1S/C18H25ClN2O3S/c1-13-9-10-16(19)11-17(13)21(25(3,23)24)14(2)18(22)20-12-15-7-5-4-6-8-15/h7,9-11,14H,4-6,8,12H2,1-3H3,(H,20,22)/t14-/m0/s1. The highest BCUT2D eigenvalue weighted by atomic mass is 35.5. The number of halogens is 1. The molecule has 0 aliphatic heterocycles. The van der Waals surface area contributed by atoms with Gasteiger partial charge in [0.05, 0.1) is 11.9 Å². The van der Waals surface area contributed by atoms with Crippen LogP contribution in [0.1, 0.15) is 38.2 Å².